The summed E-state index contributed by atoms with van der Waals surface area (Å²) in [5.74, 6) is -2.46. The molecule has 4 rings (SSSR count). The number of likely N-dealkylation sites (tertiary alicyclic amines) is 1. The molecule has 4 aliphatic rings. The molecule has 206 valence electrons. The highest BCUT2D eigenvalue weighted by molar-refractivity contribution is 5.98. The molecule has 6 atom stereocenters. The molecule has 1 spiro atoms. The van der Waals surface area contributed by atoms with E-state index in [1.54, 1.807) is 13.0 Å². The van der Waals surface area contributed by atoms with Gasteiger partial charge in [-0.2, -0.15) is 0 Å². The third kappa shape index (κ3) is 4.76. The Labute approximate surface area is 221 Å². The number of hydrogen-bond donors (Lipinski definition) is 1. The zero-order chi connectivity index (χ0) is 26.8. The minimum absolute atomic E-state index is 0.0848. The van der Waals surface area contributed by atoms with Gasteiger partial charge in [-0.1, -0.05) is 31.4 Å². The van der Waals surface area contributed by atoms with E-state index in [2.05, 4.69) is 13.2 Å². The van der Waals surface area contributed by atoms with Crippen molar-refractivity contribution in [1.29, 1.82) is 0 Å². The molecule has 0 radical (unpaired) electrons. The average molecular weight is 517 g/mol. The van der Waals surface area contributed by atoms with Crippen molar-refractivity contribution in [1.82, 2.24) is 9.80 Å². The van der Waals surface area contributed by atoms with Gasteiger partial charge in [0.05, 0.1) is 30.8 Å². The van der Waals surface area contributed by atoms with Crippen LogP contribution in [0.1, 0.15) is 78.1 Å². The first-order chi connectivity index (χ1) is 17.8. The van der Waals surface area contributed by atoms with Gasteiger partial charge in [0, 0.05) is 12.6 Å². The second-order valence-electron chi connectivity index (χ2n) is 11.5. The molecule has 2 bridgehead atoms. The van der Waals surface area contributed by atoms with Gasteiger partial charge in [-0.3, -0.25) is 14.4 Å². The Bertz CT molecular complexity index is 901. The van der Waals surface area contributed by atoms with Crippen LogP contribution in [0.4, 0.5) is 0 Å². The Balaban J connectivity index is 1.66. The van der Waals surface area contributed by atoms with E-state index in [9.17, 15) is 19.5 Å². The molecule has 37 heavy (non-hydrogen) atoms. The zero-order valence-corrected chi connectivity index (χ0v) is 22.5. The SMILES string of the molecule is C=CCCCCOC(=O)[C@@H]1[C@H]2C(=O)N([C@H](C)CO)C(C(=O)N(CC=C)C3CCCCC3)C23CC[C@@]1(C)O3. The molecule has 0 aromatic carbocycles. The van der Waals surface area contributed by atoms with Crippen molar-refractivity contribution >= 4 is 17.8 Å². The monoisotopic (exact) mass is 516 g/mol. The molecule has 3 saturated heterocycles. The van der Waals surface area contributed by atoms with Crippen LogP contribution in [0.3, 0.4) is 0 Å². The molecular formula is C29H44N2O6. The number of esters is 1. The van der Waals surface area contributed by atoms with Gasteiger partial charge < -0.3 is 24.4 Å². The number of carbonyl (C=O) groups excluding carboxylic acids is 3. The second-order valence-corrected chi connectivity index (χ2v) is 11.5. The predicted molar refractivity (Wildman–Crippen MR) is 139 cm³/mol. The second kappa shape index (κ2) is 11.3. The third-order valence-corrected chi connectivity index (χ3v) is 9.11. The fourth-order valence-corrected chi connectivity index (χ4v) is 7.32. The first kappa shape index (κ1) is 27.8. The normalized spacial score (nSPS) is 33.8. The number of fused-ring (bicyclic) bond motifs is 1. The summed E-state index contributed by atoms with van der Waals surface area (Å²) in [7, 11) is 0. The first-order valence-corrected chi connectivity index (χ1v) is 14.1. The van der Waals surface area contributed by atoms with Crippen LogP contribution in [0.25, 0.3) is 0 Å². The summed E-state index contributed by atoms with van der Waals surface area (Å²) in [5.41, 5.74) is -1.97. The van der Waals surface area contributed by atoms with Crippen molar-refractivity contribution in [3.05, 3.63) is 25.3 Å². The van der Waals surface area contributed by atoms with Crippen molar-refractivity contribution < 1.29 is 29.0 Å². The molecule has 2 unspecified atom stereocenters. The number of unbranched alkanes of at least 4 members (excludes halogenated alkanes) is 2. The third-order valence-electron chi connectivity index (χ3n) is 9.11. The highest BCUT2D eigenvalue weighted by Gasteiger charge is 2.79. The van der Waals surface area contributed by atoms with Gasteiger partial charge in [-0.15, -0.1) is 13.2 Å². The van der Waals surface area contributed by atoms with Crippen molar-refractivity contribution in [2.45, 2.75) is 107 Å². The molecule has 8 heteroatoms. The van der Waals surface area contributed by atoms with E-state index in [0.29, 0.717) is 19.4 Å². The average Bonchev–Trinajstić information content (AvgIpc) is 3.47. The van der Waals surface area contributed by atoms with Gasteiger partial charge in [0.1, 0.15) is 17.6 Å². The molecule has 2 amide bonds. The first-order valence-electron chi connectivity index (χ1n) is 14.1. The minimum atomic E-state index is -1.10. The Kier molecular flexibility index (Phi) is 8.48. The molecule has 4 fully saturated rings. The molecule has 8 nitrogen and oxygen atoms in total. The molecule has 3 aliphatic heterocycles. The van der Waals surface area contributed by atoms with Crippen molar-refractivity contribution in [3.63, 3.8) is 0 Å². The number of rotatable bonds is 12. The largest absolute Gasteiger partial charge is 0.465 e. The Hall–Kier alpha value is -2.19. The number of aliphatic hydroxyl groups excluding tert-OH is 1. The summed E-state index contributed by atoms with van der Waals surface area (Å²) in [6, 6.07) is -1.38. The van der Waals surface area contributed by atoms with E-state index in [4.69, 9.17) is 9.47 Å². The van der Waals surface area contributed by atoms with Gasteiger partial charge >= 0.3 is 5.97 Å². The summed E-state index contributed by atoms with van der Waals surface area (Å²) < 4.78 is 12.3. The molecule has 3 heterocycles. The topological polar surface area (TPSA) is 96.4 Å². The van der Waals surface area contributed by atoms with Gasteiger partial charge in [-0.05, 0) is 58.8 Å². The predicted octanol–water partition coefficient (Wildman–Crippen LogP) is 3.38. The number of amides is 2. The quantitative estimate of drug-likeness (QED) is 0.243. The summed E-state index contributed by atoms with van der Waals surface area (Å²) in [4.78, 5) is 45.2. The summed E-state index contributed by atoms with van der Waals surface area (Å²) in [6.45, 7) is 11.6. The number of nitrogens with zero attached hydrogens (tertiary/aromatic N) is 2. The number of aliphatic hydroxyl groups is 1. The standard InChI is InChI=1S/C29H44N2O6/c1-5-7-8-12-18-36-27(35)23-22-25(33)31(20(3)19-32)24(29(22)16-15-28(23,4)37-29)26(34)30(17-6-2)21-13-10-9-11-14-21/h5-6,20-24,32H,1-2,7-19H2,3-4H3/t20-,22+,23+,24?,28-,29?/m1/s1. The lowest BCUT2D eigenvalue weighted by Gasteiger charge is -2.42. The van der Waals surface area contributed by atoms with Gasteiger partial charge in [0.15, 0.2) is 0 Å². The number of ether oxygens (including phenoxy) is 2. The van der Waals surface area contributed by atoms with Crippen LogP contribution in [0, 0.1) is 11.8 Å². The van der Waals surface area contributed by atoms with Crippen molar-refractivity contribution in [2.75, 3.05) is 19.8 Å². The highest BCUT2D eigenvalue weighted by Crippen LogP contribution is 2.63. The van der Waals surface area contributed by atoms with E-state index < -0.39 is 41.1 Å². The van der Waals surface area contributed by atoms with Gasteiger partial charge in [0.25, 0.3) is 0 Å². The minimum Gasteiger partial charge on any atom is -0.465 e. The Morgan fingerprint density at radius 2 is 1.95 bits per heavy atom. The fourth-order valence-electron chi connectivity index (χ4n) is 7.32. The molecule has 1 N–H and O–H groups in total. The maximum Gasteiger partial charge on any atom is 0.312 e. The van der Waals surface area contributed by atoms with Crippen LogP contribution in [0.5, 0.6) is 0 Å². The van der Waals surface area contributed by atoms with Crippen LogP contribution in [-0.2, 0) is 23.9 Å². The van der Waals surface area contributed by atoms with Crippen LogP contribution in [0.15, 0.2) is 25.3 Å². The smallest absolute Gasteiger partial charge is 0.312 e. The van der Waals surface area contributed by atoms with Crippen LogP contribution in [0.2, 0.25) is 0 Å². The Morgan fingerprint density at radius 1 is 1.22 bits per heavy atom. The summed E-state index contributed by atoms with van der Waals surface area (Å²) in [5, 5.41) is 10.1. The molecule has 0 aromatic rings. The van der Waals surface area contributed by atoms with Gasteiger partial charge in [0.2, 0.25) is 11.8 Å². The van der Waals surface area contributed by atoms with E-state index >= 15 is 0 Å². The van der Waals surface area contributed by atoms with Crippen LogP contribution >= 0.6 is 0 Å². The molecule has 0 aromatic heterocycles. The number of hydrogen-bond acceptors (Lipinski definition) is 6. The molecule has 1 aliphatic carbocycles. The maximum absolute atomic E-state index is 14.4. The van der Waals surface area contributed by atoms with Crippen molar-refractivity contribution in [2.24, 2.45) is 11.8 Å². The van der Waals surface area contributed by atoms with Gasteiger partial charge in [-0.25, -0.2) is 0 Å². The maximum atomic E-state index is 14.4. The van der Waals surface area contributed by atoms with Crippen molar-refractivity contribution in [3.8, 4) is 0 Å². The fraction of sp³-hybridized carbons (Fsp3) is 0.759. The van der Waals surface area contributed by atoms with E-state index in [1.807, 2.05) is 17.9 Å². The Morgan fingerprint density at radius 3 is 2.59 bits per heavy atom. The molecular weight excluding hydrogens is 472 g/mol. The summed E-state index contributed by atoms with van der Waals surface area (Å²) >= 11 is 0. The summed E-state index contributed by atoms with van der Waals surface area (Å²) in [6.07, 6.45) is 12.2. The highest BCUT2D eigenvalue weighted by atomic mass is 16.6. The van der Waals surface area contributed by atoms with E-state index in [0.717, 1.165) is 51.4 Å². The number of allylic oxidation sites excluding steroid dienone is 1. The van der Waals surface area contributed by atoms with Crippen LogP contribution < -0.4 is 0 Å². The zero-order valence-electron chi connectivity index (χ0n) is 22.5. The molecule has 1 saturated carbocycles. The lowest BCUT2D eigenvalue weighted by atomic mass is 9.66. The van der Waals surface area contributed by atoms with E-state index in [-0.39, 0.29) is 31.1 Å². The van der Waals surface area contributed by atoms with E-state index in [1.165, 1.54) is 4.90 Å². The lowest BCUT2D eigenvalue weighted by molar-refractivity contribution is -0.162. The number of carbonyl (C=O) groups is 3. The lowest BCUT2D eigenvalue weighted by Crippen LogP contribution is -2.60. The van der Waals surface area contributed by atoms with Crippen LogP contribution in [-0.4, -0.2) is 81.8 Å².